The highest BCUT2D eigenvalue weighted by Gasteiger charge is 2.46. The van der Waals surface area contributed by atoms with E-state index in [1.807, 2.05) is 6.92 Å². The highest BCUT2D eigenvalue weighted by atomic mass is 79.9. The van der Waals surface area contributed by atoms with Crippen LogP contribution >= 0.6 is 27.7 Å². The topological polar surface area (TPSA) is 55.4 Å². The first-order valence-electron chi connectivity index (χ1n) is 8.02. The third-order valence-corrected chi connectivity index (χ3v) is 6.26. The fourth-order valence-corrected chi connectivity index (χ4v) is 4.86. The molecule has 7 heteroatoms. The number of hydrogen-bond donors (Lipinski definition) is 1. The first-order chi connectivity index (χ1) is 12.0. The molecule has 3 heterocycles. The smallest absolute Gasteiger partial charge is 0.337 e. The van der Waals surface area contributed by atoms with Crippen LogP contribution in [-0.4, -0.2) is 29.4 Å². The number of esters is 1. The zero-order valence-corrected chi connectivity index (χ0v) is 15.8. The zero-order chi connectivity index (χ0) is 17.7. The Morgan fingerprint density at radius 3 is 2.84 bits per heavy atom. The lowest BCUT2D eigenvalue weighted by molar-refractivity contribution is -0.140. The standard InChI is InChI=1S/C18H15BrFNO3S/c1-2-13-17-16(18(23)24-13)14(8-3-4-10(20)9(19)5-8)15-11(21-17)6-25-7-12(15)22/h3-5,13-14,21H,2,6-7H2,1H3/t13-,14+/m0/s1. The van der Waals surface area contributed by atoms with Gasteiger partial charge in [0.05, 0.1) is 21.5 Å². The van der Waals surface area contributed by atoms with Crippen LogP contribution < -0.4 is 5.32 Å². The van der Waals surface area contributed by atoms with Gasteiger partial charge in [-0.15, -0.1) is 11.8 Å². The van der Waals surface area contributed by atoms with Crippen LogP contribution in [-0.2, 0) is 14.3 Å². The molecule has 2 atom stereocenters. The van der Waals surface area contributed by atoms with Gasteiger partial charge in [0, 0.05) is 22.9 Å². The number of thioether (sulfide) groups is 1. The molecule has 130 valence electrons. The largest absolute Gasteiger partial charge is 0.452 e. The van der Waals surface area contributed by atoms with Crippen LogP contribution in [0.4, 0.5) is 4.39 Å². The molecule has 1 aromatic rings. The van der Waals surface area contributed by atoms with Crippen LogP contribution in [0.3, 0.4) is 0 Å². The van der Waals surface area contributed by atoms with Crippen LogP contribution in [0.15, 0.2) is 45.2 Å². The van der Waals surface area contributed by atoms with Gasteiger partial charge in [-0.1, -0.05) is 13.0 Å². The van der Waals surface area contributed by atoms with E-state index in [9.17, 15) is 14.0 Å². The minimum atomic E-state index is -0.513. The Hall–Kier alpha value is -1.60. The van der Waals surface area contributed by atoms with E-state index in [1.54, 1.807) is 23.9 Å². The second-order valence-corrected chi connectivity index (χ2v) is 8.01. The second-order valence-electron chi connectivity index (χ2n) is 6.17. The lowest BCUT2D eigenvalue weighted by Gasteiger charge is -2.32. The number of allylic oxidation sites excluding steroid dienone is 1. The maximum absolute atomic E-state index is 13.7. The molecule has 0 bridgehead atoms. The molecule has 0 unspecified atom stereocenters. The molecule has 4 nitrogen and oxygen atoms in total. The molecule has 0 saturated heterocycles. The lowest BCUT2D eigenvalue weighted by Crippen LogP contribution is -2.35. The monoisotopic (exact) mass is 423 g/mol. The van der Waals surface area contributed by atoms with E-state index in [4.69, 9.17) is 4.74 Å². The van der Waals surface area contributed by atoms with Crippen LogP contribution in [0.25, 0.3) is 0 Å². The number of nitrogens with one attached hydrogen (secondary N) is 1. The van der Waals surface area contributed by atoms with Gasteiger partial charge < -0.3 is 10.1 Å². The minimum absolute atomic E-state index is 0.00324. The quantitative estimate of drug-likeness (QED) is 0.738. The molecule has 4 rings (SSSR count). The van der Waals surface area contributed by atoms with E-state index < -0.39 is 11.9 Å². The van der Waals surface area contributed by atoms with Gasteiger partial charge in [0.2, 0.25) is 0 Å². The van der Waals surface area contributed by atoms with Crippen molar-refractivity contribution in [1.29, 1.82) is 0 Å². The Kier molecular flexibility index (Phi) is 4.24. The SMILES string of the molecule is CC[C@@H]1OC(=O)C2=C1NC1=C(C(=O)CSC1)[C@H]2c1ccc(F)c(Br)c1. The normalized spacial score (nSPS) is 25.6. The predicted molar refractivity (Wildman–Crippen MR) is 96.5 cm³/mol. The first kappa shape index (κ1) is 16.8. The summed E-state index contributed by atoms with van der Waals surface area (Å²) < 4.78 is 19.5. The summed E-state index contributed by atoms with van der Waals surface area (Å²) in [5.41, 5.74) is 3.37. The molecular weight excluding hydrogens is 409 g/mol. The summed E-state index contributed by atoms with van der Waals surface area (Å²) in [5, 5.41) is 3.29. The first-order valence-corrected chi connectivity index (χ1v) is 9.97. The maximum atomic E-state index is 13.7. The summed E-state index contributed by atoms with van der Waals surface area (Å²) in [7, 11) is 0. The molecular formula is C18H15BrFNO3S. The van der Waals surface area contributed by atoms with Crippen LogP contribution in [0.1, 0.15) is 24.8 Å². The number of halogens is 2. The molecule has 0 aromatic heterocycles. The molecule has 3 aliphatic rings. The van der Waals surface area contributed by atoms with Crippen molar-refractivity contribution >= 4 is 39.4 Å². The van der Waals surface area contributed by atoms with Gasteiger partial charge >= 0.3 is 5.97 Å². The number of ether oxygens (including phenoxy) is 1. The van der Waals surface area contributed by atoms with Crippen LogP contribution in [0, 0.1) is 5.82 Å². The maximum Gasteiger partial charge on any atom is 0.337 e. The summed E-state index contributed by atoms with van der Waals surface area (Å²) in [6, 6.07) is 4.62. The number of carbonyl (C=O) groups excluding carboxylic acids is 2. The highest BCUT2D eigenvalue weighted by Crippen LogP contribution is 2.46. The van der Waals surface area contributed by atoms with Crippen molar-refractivity contribution in [3.05, 3.63) is 56.6 Å². The zero-order valence-electron chi connectivity index (χ0n) is 13.4. The van der Waals surface area contributed by atoms with Gasteiger partial charge in [0.1, 0.15) is 11.9 Å². The van der Waals surface area contributed by atoms with Crippen LogP contribution in [0.2, 0.25) is 0 Å². The third-order valence-electron chi connectivity index (χ3n) is 4.70. The van der Waals surface area contributed by atoms with E-state index in [0.717, 1.165) is 11.4 Å². The summed E-state index contributed by atoms with van der Waals surface area (Å²) in [4.78, 5) is 25.2. The van der Waals surface area contributed by atoms with E-state index in [0.29, 0.717) is 39.1 Å². The Balaban J connectivity index is 1.92. The molecule has 0 amide bonds. The highest BCUT2D eigenvalue weighted by molar-refractivity contribution is 9.10. The summed E-state index contributed by atoms with van der Waals surface area (Å²) >= 11 is 4.75. The van der Waals surface area contributed by atoms with E-state index in [-0.39, 0.29) is 17.7 Å². The van der Waals surface area contributed by atoms with Gasteiger partial charge in [-0.25, -0.2) is 9.18 Å². The minimum Gasteiger partial charge on any atom is -0.452 e. The Morgan fingerprint density at radius 1 is 1.32 bits per heavy atom. The summed E-state index contributed by atoms with van der Waals surface area (Å²) in [6.45, 7) is 1.95. The summed E-state index contributed by atoms with van der Waals surface area (Å²) in [5.74, 6) is -0.233. The van der Waals surface area contributed by atoms with Crippen molar-refractivity contribution in [2.24, 2.45) is 0 Å². The number of hydrogen-bond acceptors (Lipinski definition) is 5. The molecule has 3 aliphatic heterocycles. The van der Waals surface area contributed by atoms with Crippen molar-refractivity contribution in [3.63, 3.8) is 0 Å². The third kappa shape index (κ3) is 2.64. The van der Waals surface area contributed by atoms with Crippen molar-refractivity contribution in [1.82, 2.24) is 5.32 Å². The molecule has 1 aromatic carbocycles. The van der Waals surface area contributed by atoms with E-state index in [2.05, 4.69) is 21.2 Å². The molecule has 1 N–H and O–H groups in total. The number of rotatable bonds is 2. The Morgan fingerprint density at radius 2 is 2.12 bits per heavy atom. The molecule has 0 spiro atoms. The number of cyclic esters (lactones) is 1. The molecule has 0 saturated carbocycles. The molecule has 0 radical (unpaired) electrons. The number of dihydropyridines is 1. The van der Waals surface area contributed by atoms with Crippen LogP contribution in [0.5, 0.6) is 0 Å². The average Bonchev–Trinajstić information content (AvgIpc) is 2.92. The lowest BCUT2D eigenvalue weighted by atomic mass is 9.78. The van der Waals surface area contributed by atoms with Crippen molar-refractivity contribution in [2.75, 3.05) is 11.5 Å². The van der Waals surface area contributed by atoms with Crippen molar-refractivity contribution < 1.29 is 18.7 Å². The van der Waals surface area contributed by atoms with Gasteiger partial charge in [-0.05, 0) is 40.0 Å². The predicted octanol–water partition coefficient (Wildman–Crippen LogP) is 3.43. The summed E-state index contributed by atoms with van der Waals surface area (Å²) in [6.07, 6.45) is 0.325. The van der Waals surface area contributed by atoms with Gasteiger partial charge in [-0.2, -0.15) is 0 Å². The average molecular weight is 424 g/mol. The number of carbonyl (C=O) groups is 2. The fourth-order valence-electron chi connectivity index (χ4n) is 3.58. The van der Waals surface area contributed by atoms with Gasteiger partial charge in [0.25, 0.3) is 0 Å². The van der Waals surface area contributed by atoms with Gasteiger partial charge in [-0.3, -0.25) is 4.79 Å². The van der Waals surface area contributed by atoms with Crippen molar-refractivity contribution in [3.8, 4) is 0 Å². The second kappa shape index (κ2) is 6.29. The molecule has 0 fully saturated rings. The number of Topliss-reactive ketones (excluding diaryl/α,β-unsaturated/α-hetero) is 1. The van der Waals surface area contributed by atoms with E-state index in [1.165, 1.54) is 6.07 Å². The number of ketones is 1. The Labute approximate surface area is 157 Å². The molecule has 0 aliphatic carbocycles. The van der Waals surface area contributed by atoms with E-state index >= 15 is 0 Å². The number of benzene rings is 1. The van der Waals surface area contributed by atoms with Crippen molar-refractivity contribution in [2.45, 2.75) is 25.4 Å². The molecule has 25 heavy (non-hydrogen) atoms. The van der Waals surface area contributed by atoms with Gasteiger partial charge in [0.15, 0.2) is 5.78 Å². The fraction of sp³-hybridized carbons (Fsp3) is 0.333. The Bertz CT molecular complexity index is 864.